The molecule has 116 valence electrons. The lowest BCUT2D eigenvalue weighted by Crippen LogP contribution is -2.47. The summed E-state index contributed by atoms with van der Waals surface area (Å²) in [6.45, 7) is 7.97. The van der Waals surface area contributed by atoms with Crippen molar-refractivity contribution in [3.8, 4) is 0 Å². The van der Waals surface area contributed by atoms with Gasteiger partial charge in [-0.05, 0) is 44.6 Å². The van der Waals surface area contributed by atoms with Crippen molar-refractivity contribution in [2.24, 2.45) is 5.92 Å². The number of carbonyl (C=O) groups excluding carboxylic acids is 1. The van der Waals surface area contributed by atoms with E-state index < -0.39 is 0 Å². The van der Waals surface area contributed by atoms with Crippen molar-refractivity contribution in [2.75, 3.05) is 26.2 Å². The number of hydrogen-bond acceptors (Lipinski definition) is 3. The Morgan fingerprint density at radius 2 is 2.10 bits per heavy atom. The zero-order valence-corrected chi connectivity index (χ0v) is 13.2. The molecule has 1 atom stereocenters. The highest BCUT2D eigenvalue weighted by atomic mass is 16.2. The summed E-state index contributed by atoms with van der Waals surface area (Å²) >= 11 is 0. The summed E-state index contributed by atoms with van der Waals surface area (Å²) in [6, 6.07) is 1.25. The van der Waals surface area contributed by atoms with Gasteiger partial charge in [-0.3, -0.25) is 9.69 Å². The Hall–Kier alpha value is -0.610. The number of amides is 1. The van der Waals surface area contributed by atoms with Crippen LogP contribution in [0.15, 0.2) is 0 Å². The molecule has 4 nitrogen and oxygen atoms in total. The van der Waals surface area contributed by atoms with E-state index >= 15 is 0 Å². The lowest BCUT2D eigenvalue weighted by atomic mass is 10.0. The largest absolute Gasteiger partial charge is 0.355 e. The normalized spacial score (nSPS) is 23.3. The number of piperidine rings is 1. The maximum absolute atomic E-state index is 12.0. The smallest absolute Gasteiger partial charge is 0.234 e. The van der Waals surface area contributed by atoms with E-state index in [4.69, 9.17) is 0 Å². The first-order valence-corrected chi connectivity index (χ1v) is 8.39. The number of hydrogen-bond donors (Lipinski definition) is 2. The Kier molecular flexibility index (Phi) is 6.30. The number of carbonyl (C=O) groups is 1. The van der Waals surface area contributed by atoms with Crippen LogP contribution in [0.2, 0.25) is 0 Å². The summed E-state index contributed by atoms with van der Waals surface area (Å²) < 4.78 is 0. The molecule has 20 heavy (non-hydrogen) atoms. The summed E-state index contributed by atoms with van der Waals surface area (Å²) in [5, 5.41) is 6.65. The molecular weight excluding hydrogens is 250 g/mol. The van der Waals surface area contributed by atoms with Gasteiger partial charge in [0.25, 0.3) is 0 Å². The fourth-order valence-corrected chi connectivity index (χ4v) is 2.89. The number of nitrogens with one attached hydrogen (secondary N) is 2. The van der Waals surface area contributed by atoms with E-state index in [1.54, 1.807) is 0 Å². The summed E-state index contributed by atoms with van der Waals surface area (Å²) in [5.74, 6) is 0.856. The molecule has 2 N–H and O–H groups in total. The van der Waals surface area contributed by atoms with Crippen molar-refractivity contribution < 1.29 is 4.79 Å². The fraction of sp³-hybridized carbons (Fsp3) is 0.938. The predicted molar refractivity (Wildman–Crippen MR) is 82.7 cm³/mol. The third kappa shape index (κ3) is 5.80. The van der Waals surface area contributed by atoms with E-state index in [0.717, 1.165) is 26.1 Å². The van der Waals surface area contributed by atoms with Crippen LogP contribution in [0.4, 0.5) is 0 Å². The quantitative estimate of drug-likeness (QED) is 0.712. The van der Waals surface area contributed by atoms with Crippen molar-refractivity contribution in [1.29, 1.82) is 0 Å². The molecule has 4 heteroatoms. The van der Waals surface area contributed by atoms with Crippen LogP contribution in [0.5, 0.6) is 0 Å². The number of nitrogens with zero attached hydrogens (tertiary/aromatic N) is 1. The van der Waals surface area contributed by atoms with Crippen LogP contribution in [0.3, 0.4) is 0 Å². The van der Waals surface area contributed by atoms with Gasteiger partial charge in [0.2, 0.25) is 5.91 Å². The minimum absolute atomic E-state index is 0.202. The second-order valence-electron chi connectivity index (χ2n) is 6.84. The zero-order valence-electron chi connectivity index (χ0n) is 13.2. The van der Waals surface area contributed by atoms with Crippen LogP contribution < -0.4 is 10.6 Å². The second kappa shape index (κ2) is 7.99. The van der Waals surface area contributed by atoms with Gasteiger partial charge >= 0.3 is 0 Å². The molecule has 0 aromatic rings. The van der Waals surface area contributed by atoms with E-state index in [1.165, 1.54) is 32.1 Å². The molecule has 1 unspecified atom stereocenters. The van der Waals surface area contributed by atoms with E-state index in [-0.39, 0.29) is 5.91 Å². The van der Waals surface area contributed by atoms with Crippen molar-refractivity contribution in [2.45, 2.75) is 64.5 Å². The Bertz CT molecular complexity index is 296. The first-order chi connectivity index (χ1) is 9.65. The zero-order chi connectivity index (χ0) is 14.4. The van der Waals surface area contributed by atoms with Gasteiger partial charge in [0, 0.05) is 25.2 Å². The van der Waals surface area contributed by atoms with Gasteiger partial charge in [-0.15, -0.1) is 0 Å². The van der Waals surface area contributed by atoms with Crippen molar-refractivity contribution in [3.05, 3.63) is 0 Å². The Labute approximate surface area is 123 Å². The predicted octanol–water partition coefficient (Wildman–Crippen LogP) is 1.76. The average Bonchev–Trinajstić information content (AvgIpc) is 3.23. The molecule has 0 spiro atoms. The Morgan fingerprint density at radius 3 is 2.70 bits per heavy atom. The van der Waals surface area contributed by atoms with Crippen LogP contribution >= 0.6 is 0 Å². The molecule has 0 bridgehead atoms. The van der Waals surface area contributed by atoms with Gasteiger partial charge < -0.3 is 10.6 Å². The molecule has 0 aromatic heterocycles. The van der Waals surface area contributed by atoms with Gasteiger partial charge in [-0.25, -0.2) is 0 Å². The maximum atomic E-state index is 12.0. The van der Waals surface area contributed by atoms with Crippen LogP contribution in [-0.4, -0.2) is 49.1 Å². The molecular formula is C16H31N3O. The molecule has 1 aliphatic heterocycles. The van der Waals surface area contributed by atoms with Crippen molar-refractivity contribution in [3.63, 3.8) is 0 Å². The molecule has 1 heterocycles. The van der Waals surface area contributed by atoms with Crippen LogP contribution in [0, 0.1) is 5.92 Å². The number of rotatable bonds is 8. The summed E-state index contributed by atoms with van der Waals surface area (Å²) in [7, 11) is 0. The molecule has 2 fully saturated rings. The minimum atomic E-state index is 0.202. The molecule has 1 saturated carbocycles. The lowest BCUT2D eigenvalue weighted by molar-refractivity contribution is -0.122. The summed E-state index contributed by atoms with van der Waals surface area (Å²) in [4.78, 5) is 14.4. The first kappa shape index (κ1) is 15.8. The summed E-state index contributed by atoms with van der Waals surface area (Å²) in [5.41, 5.74) is 0. The van der Waals surface area contributed by atoms with Crippen LogP contribution in [-0.2, 0) is 4.79 Å². The SMILES string of the molecule is CC(C)CCNC(=O)CN(CC1CCCCN1)C1CC1. The monoisotopic (exact) mass is 281 g/mol. The lowest BCUT2D eigenvalue weighted by Gasteiger charge is -2.30. The van der Waals surface area contributed by atoms with Crippen LogP contribution in [0.1, 0.15) is 52.4 Å². The highest BCUT2D eigenvalue weighted by Gasteiger charge is 2.31. The first-order valence-electron chi connectivity index (χ1n) is 8.39. The van der Waals surface area contributed by atoms with E-state index in [1.807, 2.05) is 0 Å². The van der Waals surface area contributed by atoms with Gasteiger partial charge in [-0.1, -0.05) is 20.3 Å². The highest BCUT2D eigenvalue weighted by molar-refractivity contribution is 5.78. The van der Waals surface area contributed by atoms with E-state index in [9.17, 15) is 4.79 Å². The topological polar surface area (TPSA) is 44.4 Å². The molecule has 0 aromatic carbocycles. The molecule has 1 saturated heterocycles. The minimum Gasteiger partial charge on any atom is -0.355 e. The Morgan fingerprint density at radius 1 is 1.30 bits per heavy atom. The fourth-order valence-electron chi connectivity index (χ4n) is 2.89. The van der Waals surface area contributed by atoms with Gasteiger partial charge in [-0.2, -0.15) is 0 Å². The van der Waals surface area contributed by atoms with Gasteiger partial charge in [0.1, 0.15) is 0 Å². The third-order valence-corrected chi connectivity index (χ3v) is 4.32. The maximum Gasteiger partial charge on any atom is 0.234 e. The molecule has 2 rings (SSSR count). The van der Waals surface area contributed by atoms with E-state index in [2.05, 4.69) is 29.4 Å². The van der Waals surface area contributed by atoms with Crippen LogP contribution in [0.25, 0.3) is 0 Å². The molecule has 1 amide bonds. The van der Waals surface area contributed by atoms with E-state index in [0.29, 0.717) is 24.5 Å². The van der Waals surface area contributed by atoms with Gasteiger partial charge in [0.05, 0.1) is 6.54 Å². The second-order valence-corrected chi connectivity index (χ2v) is 6.84. The summed E-state index contributed by atoms with van der Waals surface area (Å²) in [6.07, 6.45) is 7.50. The average molecular weight is 281 g/mol. The standard InChI is InChI=1S/C16H31N3O/c1-13(2)8-10-18-16(20)12-19(15-6-7-15)11-14-5-3-4-9-17-14/h13-15,17H,3-12H2,1-2H3,(H,18,20). The molecule has 0 radical (unpaired) electrons. The van der Waals surface area contributed by atoms with Crippen molar-refractivity contribution in [1.82, 2.24) is 15.5 Å². The van der Waals surface area contributed by atoms with Gasteiger partial charge in [0.15, 0.2) is 0 Å². The molecule has 1 aliphatic carbocycles. The highest BCUT2D eigenvalue weighted by Crippen LogP contribution is 2.27. The molecule has 2 aliphatic rings. The third-order valence-electron chi connectivity index (χ3n) is 4.32. The van der Waals surface area contributed by atoms with Crippen molar-refractivity contribution >= 4 is 5.91 Å². The Balaban J connectivity index is 1.69.